The van der Waals surface area contributed by atoms with Crippen LogP contribution in [0.2, 0.25) is 0 Å². The smallest absolute Gasteiger partial charge is 0.303 e. The van der Waals surface area contributed by atoms with Crippen LogP contribution < -0.4 is 10.8 Å². The molecule has 2 amide bonds. The third-order valence-electron chi connectivity index (χ3n) is 2.33. The molecule has 0 saturated carbocycles. The molecule has 1 aromatic rings. The highest BCUT2D eigenvalue weighted by Gasteiger charge is 2.16. The summed E-state index contributed by atoms with van der Waals surface area (Å²) in [6, 6.07) is 1.22. The zero-order valence-corrected chi connectivity index (χ0v) is 11.4. The third-order valence-corrected chi connectivity index (χ3v) is 2.33. The molecule has 0 bridgehead atoms. The highest BCUT2D eigenvalue weighted by molar-refractivity contribution is 5.89. The predicted octanol–water partition coefficient (Wildman–Crippen LogP) is 3.55. The predicted molar refractivity (Wildman–Crippen MR) is 68.8 cm³/mol. The van der Waals surface area contributed by atoms with Gasteiger partial charge >= 0.3 is 6.03 Å². The monoisotopic (exact) mass is 272 g/mol. The molecule has 0 aliphatic heterocycles. The minimum Gasteiger partial charge on any atom is -0.303 e. The SMILES string of the molecule is CC(C)ONC(=O)Nc1c(F)cc(F)cc1C(C)C. The Labute approximate surface area is 111 Å². The number of anilines is 1. The van der Waals surface area contributed by atoms with Gasteiger partial charge in [-0.05, 0) is 31.4 Å². The minimum absolute atomic E-state index is 0.0405. The lowest BCUT2D eigenvalue weighted by atomic mass is 10.0. The Kier molecular flexibility index (Phi) is 5.23. The van der Waals surface area contributed by atoms with Gasteiger partial charge < -0.3 is 5.32 Å². The van der Waals surface area contributed by atoms with Crippen molar-refractivity contribution < 1.29 is 18.4 Å². The number of nitrogens with one attached hydrogen (secondary N) is 2. The molecular formula is C13H18F2N2O2. The van der Waals surface area contributed by atoms with E-state index in [1.807, 2.05) is 0 Å². The van der Waals surface area contributed by atoms with Crippen molar-refractivity contribution in [3.63, 3.8) is 0 Å². The summed E-state index contributed by atoms with van der Waals surface area (Å²) < 4.78 is 26.9. The van der Waals surface area contributed by atoms with Gasteiger partial charge in [-0.1, -0.05) is 13.8 Å². The number of amides is 2. The number of carbonyl (C=O) groups is 1. The molecule has 0 unspecified atom stereocenters. The number of hydrogen-bond donors (Lipinski definition) is 2. The summed E-state index contributed by atoms with van der Waals surface area (Å²) >= 11 is 0. The lowest BCUT2D eigenvalue weighted by Crippen LogP contribution is -2.32. The maximum Gasteiger partial charge on any atom is 0.343 e. The molecular weight excluding hydrogens is 254 g/mol. The van der Waals surface area contributed by atoms with Crippen LogP contribution in [0.5, 0.6) is 0 Å². The molecule has 0 atom stereocenters. The molecule has 1 rings (SSSR count). The highest BCUT2D eigenvalue weighted by atomic mass is 19.1. The van der Waals surface area contributed by atoms with Crippen LogP contribution in [0.15, 0.2) is 12.1 Å². The van der Waals surface area contributed by atoms with Crippen molar-refractivity contribution in [2.45, 2.75) is 39.7 Å². The third kappa shape index (κ3) is 4.48. The molecule has 0 spiro atoms. The molecule has 0 radical (unpaired) electrons. The van der Waals surface area contributed by atoms with Gasteiger partial charge in [0.2, 0.25) is 0 Å². The Balaban J connectivity index is 2.90. The van der Waals surface area contributed by atoms with Crippen molar-refractivity contribution in [1.29, 1.82) is 0 Å². The van der Waals surface area contributed by atoms with Crippen LogP contribution in [0, 0.1) is 11.6 Å². The molecule has 0 saturated heterocycles. The van der Waals surface area contributed by atoms with Gasteiger partial charge in [0, 0.05) is 6.07 Å². The van der Waals surface area contributed by atoms with E-state index in [1.165, 1.54) is 6.07 Å². The Bertz CT molecular complexity index is 462. The number of halogens is 2. The number of benzene rings is 1. The first-order valence-electron chi connectivity index (χ1n) is 6.02. The Hall–Kier alpha value is -1.69. The molecule has 4 nitrogen and oxygen atoms in total. The first kappa shape index (κ1) is 15.4. The van der Waals surface area contributed by atoms with Crippen molar-refractivity contribution in [3.05, 3.63) is 29.3 Å². The van der Waals surface area contributed by atoms with Crippen molar-refractivity contribution >= 4 is 11.7 Å². The lowest BCUT2D eigenvalue weighted by Gasteiger charge is -2.16. The second kappa shape index (κ2) is 6.47. The number of hydrogen-bond acceptors (Lipinski definition) is 2. The van der Waals surface area contributed by atoms with E-state index < -0.39 is 17.7 Å². The van der Waals surface area contributed by atoms with E-state index in [1.54, 1.807) is 27.7 Å². The van der Waals surface area contributed by atoms with Gasteiger partial charge in [-0.25, -0.2) is 19.1 Å². The van der Waals surface area contributed by atoms with Crippen molar-refractivity contribution in [2.75, 3.05) is 5.32 Å². The summed E-state index contributed by atoms with van der Waals surface area (Å²) in [5, 5.41) is 2.33. The van der Waals surface area contributed by atoms with Crippen molar-refractivity contribution in [3.8, 4) is 0 Å². The molecule has 0 aliphatic rings. The molecule has 0 aliphatic carbocycles. The number of carbonyl (C=O) groups excluding carboxylic acids is 1. The molecule has 106 valence electrons. The van der Waals surface area contributed by atoms with E-state index in [0.717, 1.165) is 6.07 Å². The highest BCUT2D eigenvalue weighted by Crippen LogP contribution is 2.28. The van der Waals surface area contributed by atoms with Crippen LogP contribution in [-0.4, -0.2) is 12.1 Å². The summed E-state index contributed by atoms with van der Waals surface area (Å²) in [4.78, 5) is 16.4. The quantitative estimate of drug-likeness (QED) is 0.823. The van der Waals surface area contributed by atoms with Crippen LogP contribution in [0.25, 0.3) is 0 Å². The normalized spacial score (nSPS) is 10.9. The lowest BCUT2D eigenvalue weighted by molar-refractivity contribution is 0.0198. The fourth-order valence-electron chi connectivity index (χ4n) is 1.49. The summed E-state index contributed by atoms with van der Waals surface area (Å²) in [6.45, 7) is 7.03. The second-order valence-corrected chi connectivity index (χ2v) is 4.73. The molecule has 0 aromatic heterocycles. The molecule has 0 fully saturated rings. The Morgan fingerprint density at radius 2 is 1.84 bits per heavy atom. The Morgan fingerprint density at radius 1 is 1.21 bits per heavy atom. The fourth-order valence-corrected chi connectivity index (χ4v) is 1.49. The largest absolute Gasteiger partial charge is 0.343 e. The van der Waals surface area contributed by atoms with E-state index >= 15 is 0 Å². The topological polar surface area (TPSA) is 50.4 Å². The van der Waals surface area contributed by atoms with Gasteiger partial charge in [0.15, 0.2) is 0 Å². The number of hydroxylamine groups is 1. The van der Waals surface area contributed by atoms with Crippen LogP contribution >= 0.6 is 0 Å². The summed E-state index contributed by atoms with van der Waals surface area (Å²) in [7, 11) is 0. The van der Waals surface area contributed by atoms with Crippen LogP contribution in [0.1, 0.15) is 39.2 Å². The summed E-state index contributed by atoms with van der Waals surface area (Å²) in [5.74, 6) is -1.62. The van der Waals surface area contributed by atoms with Crippen molar-refractivity contribution in [2.24, 2.45) is 0 Å². The van der Waals surface area contributed by atoms with E-state index in [-0.39, 0.29) is 17.7 Å². The van der Waals surface area contributed by atoms with Crippen LogP contribution in [0.4, 0.5) is 19.3 Å². The van der Waals surface area contributed by atoms with E-state index in [4.69, 9.17) is 4.84 Å². The summed E-state index contributed by atoms with van der Waals surface area (Å²) in [6.07, 6.45) is -0.201. The van der Waals surface area contributed by atoms with Gasteiger partial charge in [-0.15, -0.1) is 0 Å². The first-order chi connectivity index (χ1) is 8.81. The molecule has 19 heavy (non-hydrogen) atoms. The maximum absolute atomic E-state index is 13.7. The molecule has 6 heteroatoms. The second-order valence-electron chi connectivity index (χ2n) is 4.73. The standard InChI is InChI=1S/C13H18F2N2O2/c1-7(2)10-5-9(14)6-11(15)12(10)16-13(18)17-19-8(3)4/h5-8H,1-4H3,(H2,16,17,18). The molecule has 0 heterocycles. The fraction of sp³-hybridized carbons (Fsp3) is 0.462. The Morgan fingerprint density at radius 3 is 2.37 bits per heavy atom. The van der Waals surface area contributed by atoms with E-state index in [2.05, 4.69) is 10.8 Å². The minimum atomic E-state index is -0.816. The number of rotatable bonds is 4. The van der Waals surface area contributed by atoms with Crippen LogP contribution in [-0.2, 0) is 4.84 Å². The van der Waals surface area contributed by atoms with Gasteiger partial charge in [-0.3, -0.25) is 4.84 Å². The first-order valence-corrected chi connectivity index (χ1v) is 6.02. The summed E-state index contributed by atoms with van der Waals surface area (Å²) in [5.41, 5.74) is 2.47. The zero-order valence-electron chi connectivity index (χ0n) is 11.4. The molecule has 1 aromatic carbocycles. The van der Waals surface area contributed by atoms with Crippen LogP contribution in [0.3, 0.4) is 0 Å². The van der Waals surface area contributed by atoms with Gasteiger partial charge in [0.25, 0.3) is 0 Å². The van der Waals surface area contributed by atoms with E-state index in [0.29, 0.717) is 5.56 Å². The maximum atomic E-state index is 13.7. The van der Waals surface area contributed by atoms with Gasteiger partial charge in [0.1, 0.15) is 11.6 Å². The zero-order chi connectivity index (χ0) is 14.6. The van der Waals surface area contributed by atoms with Crippen molar-refractivity contribution in [1.82, 2.24) is 5.48 Å². The average molecular weight is 272 g/mol. The van der Waals surface area contributed by atoms with Gasteiger partial charge in [-0.2, -0.15) is 0 Å². The molecule has 2 N–H and O–H groups in total. The van der Waals surface area contributed by atoms with Gasteiger partial charge in [0.05, 0.1) is 11.8 Å². The van der Waals surface area contributed by atoms with E-state index in [9.17, 15) is 13.6 Å². The number of urea groups is 1. The average Bonchev–Trinajstić information content (AvgIpc) is 2.29.